The van der Waals surface area contributed by atoms with Crippen molar-refractivity contribution in [3.8, 4) is 11.9 Å². The fraction of sp³-hybridized carbons (Fsp3) is 0.667. The Hall–Kier alpha value is -2.33. The molecule has 2 saturated heterocycles. The third-order valence-corrected chi connectivity index (χ3v) is 6.27. The summed E-state index contributed by atoms with van der Waals surface area (Å²) in [6.45, 7) is 3.78. The summed E-state index contributed by atoms with van der Waals surface area (Å²) in [7, 11) is 1.55. The molecule has 3 aliphatic rings. The van der Waals surface area contributed by atoms with Crippen LogP contribution in [0.5, 0.6) is 5.88 Å². The Balaban J connectivity index is 1.35. The molecule has 1 aromatic rings. The smallest absolute Gasteiger partial charge is 0.233 e. The van der Waals surface area contributed by atoms with Crippen LogP contribution < -0.4 is 15.0 Å². The summed E-state index contributed by atoms with van der Waals surface area (Å²) in [5, 5.41) is 12.7. The van der Waals surface area contributed by atoms with Crippen LogP contribution in [0, 0.1) is 17.2 Å². The van der Waals surface area contributed by atoms with Gasteiger partial charge in [0.1, 0.15) is 11.6 Å². The molecule has 1 aromatic heterocycles. The molecule has 0 aromatic carbocycles. The van der Waals surface area contributed by atoms with Crippen molar-refractivity contribution in [2.24, 2.45) is 5.92 Å². The average Bonchev–Trinajstić information content (AvgIpc) is 3.57. The minimum absolute atomic E-state index is 0.141. The van der Waals surface area contributed by atoms with E-state index in [0.717, 1.165) is 70.4 Å². The van der Waals surface area contributed by atoms with E-state index in [2.05, 4.69) is 26.2 Å². The number of ether oxygens (including phenoxy) is 1. The number of nitrogens with zero attached hydrogens (tertiary/aromatic N) is 4. The molecule has 0 radical (unpaired) electrons. The number of pyridine rings is 1. The topological polar surface area (TPSA) is 81.5 Å². The molecule has 2 aliphatic heterocycles. The van der Waals surface area contributed by atoms with Gasteiger partial charge in [0.05, 0.1) is 18.7 Å². The van der Waals surface area contributed by atoms with Crippen molar-refractivity contribution in [1.82, 2.24) is 15.2 Å². The minimum atomic E-state index is 0.141. The largest absolute Gasteiger partial charge is 0.480 e. The van der Waals surface area contributed by atoms with Crippen LogP contribution in [0.25, 0.3) is 0 Å². The van der Waals surface area contributed by atoms with Crippen LogP contribution >= 0.6 is 0 Å². The molecule has 3 fully saturated rings. The second-order valence-electron chi connectivity index (χ2n) is 8.16. The van der Waals surface area contributed by atoms with Crippen molar-refractivity contribution < 1.29 is 9.53 Å². The van der Waals surface area contributed by atoms with Gasteiger partial charge >= 0.3 is 0 Å². The summed E-state index contributed by atoms with van der Waals surface area (Å²) >= 11 is 0. The number of carbonyl (C=O) groups excluding carboxylic acids is 1. The lowest BCUT2D eigenvalue weighted by atomic mass is 9.93. The molecule has 1 atom stereocenters. The van der Waals surface area contributed by atoms with Crippen LogP contribution in [0.15, 0.2) is 12.3 Å². The molecule has 7 heteroatoms. The van der Waals surface area contributed by atoms with Crippen LogP contribution in [0.1, 0.15) is 44.1 Å². The molecule has 0 bridgehead atoms. The fourth-order valence-electron chi connectivity index (χ4n) is 4.53. The number of aromatic nitrogens is 1. The van der Waals surface area contributed by atoms with E-state index in [1.54, 1.807) is 13.3 Å². The highest BCUT2D eigenvalue weighted by Gasteiger charge is 2.34. The highest BCUT2D eigenvalue weighted by Crippen LogP contribution is 2.31. The number of carbonyl (C=O) groups is 1. The van der Waals surface area contributed by atoms with Crippen molar-refractivity contribution >= 4 is 11.6 Å². The second-order valence-corrected chi connectivity index (χ2v) is 8.16. The van der Waals surface area contributed by atoms with Crippen LogP contribution in [-0.2, 0) is 4.79 Å². The molecule has 4 rings (SSSR count). The molecule has 1 aliphatic carbocycles. The third-order valence-electron chi connectivity index (χ3n) is 6.27. The Kier molecular flexibility index (Phi) is 5.67. The number of methoxy groups -OCH3 is 1. The first-order valence-corrected chi connectivity index (χ1v) is 10.4. The van der Waals surface area contributed by atoms with Crippen molar-refractivity contribution in [1.29, 1.82) is 5.26 Å². The SMILES string of the molecule is COc1nccc(N2CCC(N3CCC[C@@H](C(=O)NC4CC4)C3)CC2)c1C#N. The number of hydrogen-bond acceptors (Lipinski definition) is 6. The maximum atomic E-state index is 12.5. The van der Waals surface area contributed by atoms with E-state index in [-0.39, 0.29) is 11.8 Å². The van der Waals surface area contributed by atoms with E-state index in [9.17, 15) is 10.1 Å². The molecule has 28 heavy (non-hydrogen) atoms. The summed E-state index contributed by atoms with van der Waals surface area (Å²) in [6, 6.07) is 5.10. The minimum Gasteiger partial charge on any atom is -0.480 e. The van der Waals surface area contributed by atoms with Gasteiger partial charge in [-0.1, -0.05) is 0 Å². The van der Waals surface area contributed by atoms with Gasteiger partial charge in [0.2, 0.25) is 11.8 Å². The van der Waals surface area contributed by atoms with Gasteiger partial charge in [0, 0.05) is 37.9 Å². The predicted octanol–water partition coefficient (Wildman–Crippen LogP) is 1.92. The van der Waals surface area contributed by atoms with Gasteiger partial charge in [0.15, 0.2) is 0 Å². The van der Waals surface area contributed by atoms with Crippen LogP contribution in [-0.4, -0.2) is 61.2 Å². The van der Waals surface area contributed by atoms with Gasteiger partial charge in [0.25, 0.3) is 0 Å². The first-order valence-electron chi connectivity index (χ1n) is 10.4. The van der Waals surface area contributed by atoms with E-state index >= 15 is 0 Å². The molecule has 0 spiro atoms. The monoisotopic (exact) mass is 383 g/mol. The highest BCUT2D eigenvalue weighted by molar-refractivity contribution is 5.79. The van der Waals surface area contributed by atoms with Crippen LogP contribution in [0.2, 0.25) is 0 Å². The zero-order valence-corrected chi connectivity index (χ0v) is 16.6. The van der Waals surface area contributed by atoms with E-state index in [0.29, 0.717) is 23.5 Å². The van der Waals surface area contributed by atoms with Gasteiger partial charge in [-0.15, -0.1) is 0 Å². The molecular formula is C21H29N5O2. The predicted molar refractivity (Wildman–Crippen MR) is 106 cm³/mol. The Morgan fingerprint density at radius 3 is 2.71 bits per heavy atom. The zero-order valence-electron chi connectivity index (χ0n) is 16.6. The van der Waals surface area contributed by atoms with E-state index in [1.807, 2.05) is 6.07 Å². The standard InChI is InChI=1S/C21H29N5O2/c1-28-21-18(13-22)19(6-9-23-21)25-11-7-17(8-12-25)26-10-2-3-15(14-26)20(27)24-16-4-5-16/h6,9,15-17H,2-5,7-8,10-12,14H2,1H3,(H,24,27)/t15-/m1/s1. The zero-order chi connectivity index (χ0) is 19.5. The van der Waals surface area contributed by atoms with Crippen molar-refractivity contribution in [2.45, 2.75) is 50.6 Å². The van der Waals surface area contributed by atoms with E-state index < -0.39 is 0 Å². The number of likely N-dealkylation sites (tertiary alicyclic amines) is 1. The number of rotatable bonds is 5. The number of amides is 1. The van der Waals surface area contributed by atoms with E-state index in [1.165, 1.54) is 0 Å². The summed E-state index contributed by atoms with van der Waals surface area (Å²) < 4.78 is 5.24. The first-order chi connectivity index (χ1) is 13.7. The van der Waals surface area contributed by atoms with Crippen molar-refractivity contribution in [3.63, 3.8) is 0 Å². The molecule has 1 saturated carbocycles. The number of hydrogen-bond donors (Lipinski definition) is 1. The summed E-state index contributed by atoms with van der Waals surface area (Å²) in [6.07, 6.45) is 8.20. The second kappa shape index (κ2) is 8.36. The Morgan fingerprint density at radius 1 is 1.25 bits per heavy atom. The number of piperidine rings is 2. The van der Waals surface area contributed by atoms with Gasteiger partial charge in [-0.2, -0.15) is 5.26 Å². The van der Waals surface area contributed by atoms with Crippen LogP contribution in [0.4, 0.5) is 5.69 Å². The van der Waals surface area contributed by atoms with E-state index in [4.69, 9.17) is 4.74 Å². The molecular weight excluding hydrogens is 354 g/mol. The Morgan fingerprint density at radius 2 is 2.04 bits per heavy atom. The lowest BCUT2D eigenvalue weighted by Gasteiger charge is -2.42. The Bertz CT molecular complexity index is 750. The molecule has 3 heterocycles. The lowest BCUT2D eigenvalue weighted by molar-refractivity contribution is -0.127. The molecule has 1 N–H and O–H groups in total. The molecule has 1 amide bonds. The maximum absolute atomic E-state index is 12.5. The summed E-state index contributed by atoms with van der Waals surface area (Å²) in [5.41, 5.74) is 1.42. The average molecular weight is 383 g/mol. The van der Waals surface area contributed by atoms with Gasteiger partial charge in [-0.05, 0) is 51.1 Å². The maximum Gasteiger partial charge on any atom is 0.233 e. The van der Waals surface area contributed by atoms with Gasteiger partial charge in [-0.3, -0.25) is 9.69 Å². The van der Waals surface area contributed by atoms with Crippen molar-refractivity contribution in [3.05, 3.63) is 17.8 Å². The van der Waals surface area contributed by atoms with Crippen LogP contribution in [0.3, 0.4) is 0 Å². The fourth-order valence-corrected chi connectivity index (χ4v) is 4.53. The highest BCUT2D eigenvalue weighted by atomic mass is 16.5. The Labute approximate surface area is 166 Å². The third kappa shape index (κ3) is 4.07. The number of anilines is 1. The van der Waals surface area contributed by atoms with Crippen molar-refractivity contribution in [2.75, 3.05) is 38.2 Å². The van der Waals surface area contributed by atoms with Gasteiger partial charge in [-0.25, -0.2) is 4.98 Å². The lowest BCUT2D eigenvalue weighted by Crippen LogP contribution is -2.51. The summed E-state index contributed by atoms with van der Waals surface area (Å²) in [4.78, 5) is 21.4. The normalized spacial score (nSPS) is 23.9. The quantitative estimate of drug-likeness (QED) is 0.837. The molecule has 0 unspecified atom stereocenters. The molecule has 7 nitrogen and oxygen atoms in total. The summed E-state index contributed by atoms with van der Waals surface area (Å²) in [5.74, 6) is 0.789. The molecule has 150 valence electrons. The number of nitriles is 1. The number of nitrogens with one attached hydrogen (secondary N) is 1. The first kappa shape index (κ1) is 19.0. The van der Waals surface area contributed by atoms with Gasteiger partial charge < -0.3 is 15.0 Å².